The fourth-order valence-electron chi connectivity index (χ4n) is 1.09. The molecule has 0 amide bonds. The molecule has 1 aliphatic rings. The predicted molar refractivity (Wildman–Crippen MR) is 64.1 cm³/mol. The van der Waals surface area contributed by atoms with Gasteiger partial charge in [-0.2, -0.15) is 0 Å². The number of ketones is 2. The van der Waals surface area contributed by atoms with Gasteiger partial charge < -0.3 is 10.4 Å². The average Bonchev–Trinajstić information content (AvgIpc) is 2.30. The van der Waals surface area contributed by atoms with E-state index in [2.05, 4.69) is 17.8 Å². The van der Waals surface area contributed by atoms with Gasteiger partial charge in [0.05, 0.1) is 0 Å². The summed E-state index contributed by atoms with van der Waals surface area (Å²) < 4.78 is 0. The van der Waals surface area contributed by atoms with Crippen molar-refractivity contribution in [2.24, 2.45) is 0 Å². The van der Waals surface area contributed by atoms with Crippen LogP contribution < -0.4 is 5.32 Å². The Morgan fingerprint density at radius 2 is 1.94 bits per heavy atom. The lowest BCUT2D eigenvalue weighted by atomic mass is 10.1. The van der Waals surface area contributed by atoms with Crippen LogP contribution in [0.3, 0.4) is 0 Å². The number of hydrogen-bond acceptors (Lipinski definition) is 4. The van der Waals surface area contributed by atoms with Crippen molar-refractivity contribution in [3.8, 4) is 12.3 Å². The highest BCUT2D eigenvalue weighted by molar-refractivity contribution is 6.64. The van der Waals surface area contributed by atoms with Crippen molar-refractivity contribution in [2.45, 2.75) is 6.42 Å². The number of Topliss-reactive ketones (excluding diaryl/α,β-unsaturated/α-hetero) is 2. The predicted octanol–water partition coefficient (Wildman–Crippen LogP) is 1.72. The molecule has 0 aromatic heterocycles. The quantitative estimate of drug-likeness (QED) is 0.466. The number of nitrogens with one attached hydrogen (secondary N) is 1. The van der Waals surface area contributed by atoms with Crippen molar-refractivity contribution in [1.82, 2.24) is 5.32 Å². The summed E-state index contributed by atoms with van der Waals surface area (Å²) in [5.74, 6) is -0.299. The van der Waals surface area contributed by atoms with E-state index in [0.717, 1.165) is 0 Å². The summed E-state index contributed by atoms with van der Waals surface area (Å²) >= 11 is 11.1. The standard InChI is InChI=1S/C11H7Cl2NO3/c1-3-4-5(2)14-8-9(15)6(12)7(13)10(16)11(8)17/h1,14-15H,2,4H2. The molecule has 6 heteroatoms. The van der Waals surface area contributed by atoms with Gasteiger partial charge in [-0.3, -0.25) is 9.59 Å². The van der Waals surface area contributed by atoms with Gasteiger partial charge in [-0.1, -0.05) is 29.8 Å². The Labute approximate surface area is 108 Å². The van der Waals surface area contributed by atoms with Gasteiger partial charge in [0.15, 0.2) is 5.76 Å². The van der Waals surface area contributed by atoms with Crippen LogP contribution in [0.15, 0.2) is 33.8 Å². The number of aliphatic hydroxyl groups excluding tert-OH is 1. The van der Waals surface area contributed by atoms with Gasteiger partial charge in [0.25, 0.3) is 5.78 Å². The molecular formula is C11H7Cl2NO3. The molecular weight excluding hydrogens is 265 g/mol. The van der Waals surface area contributed by atoms with Crippen molar-refractivity contribution in [2.75, 3.05) is 0 Å². The van der Waals surface area contributed by atoms with Gasteiger partial charge in [0.2, 0.25) is 5.78 Å². The third-order valence-corrected chi connectivity index (χ3v) is 2.71. The van der Waals surface area contributed by atoms with Crippen LogP contribution in [0.4, 0.5) is 0 Å². The minimum Gasteiger partial charge on any atom is -0.504 e. The molecule has 0 aromatic carbocycles. The van der Waals surface area contributed by atoms with E-state index in [1.54, 1.807) is 0 Å². The van der Waals surface area contributed by atoms with E-state index in [9.17, 15) is 14.7 Å². The topological polar surface area (TPSA) is 66.4 Å². The first kappa shape index (κ1) is 13.4. The Morgan fingerprint density at radius 1 is 1.35 bits per heavy atom. The SMILES string of the molecule is C#CCC(=C)NC1=C(O)C(Cl)=C(Cl)C(=O)C1=O. The normalized spacial score (nSPS) is 16.1. The van der Waals surface area contributed by atoms with Gasteiger partial charge in [0, 0.05) is 12.1 Å². The Kier molecular flexibility index (Phi) is 4.00. The number of carbonyl (C=O) groups is 2. The van der Waals surface area contributed by atoms with Crippen LogP contribution in [0.1, 0.15) is 6.42 Å². The third-order valence-electron chi connectivity index (χ3n) is 1.89. The van der Waals surface area contributed by atoms with Gasteiger partial charge in [-0.05, 0) is 0 Å². The molecule has 0 unspecified atom stereocenters. The molecule has 0 heterocycles. The third kappa shape index (κ3) is 2.52. The molecule has 0 aromatic rings. The molecule has 4 nitrogen and oxygen atoms in total. The number of halogens is 2. The average molecular weight is 272 g/mol. The van der Waals surface area contributed by atoms with Gasteiger partial charge >= 0.3 is 0 Å². The Balaban J connectivity index is 3.13. The Hall–Kier alpha value is -1.70. The highest BCUT2D eigenvalue weighted by atomic mass is 35.5. The zero-order valence-corrected chi connectivity index (χ0v) is 10.0. The molecule has 0 saturated carbocycles. The fourth-order valence-corrected chi connectivity index (χ4v) is 1.45. The van der Waals surface area contributed by atoms with E-state index in [0.29, 0.717) is 0 Å². The van der Waals surface area contributed by atoms with Crippen molar-refractivity contribution in [3.05, 3.63) is 33.8 Å². The van der Waals surface area contributed by atoms with E-state index >= 15 is 0 Å². The van der Waals surface area contributed by atoms with Gasteiger partial charge in [0.1, 0.15) is 15.8 Å². The molecule has 0 radical (unpaired) electrons. The van der Waals surface area contributed by atoms with E-state index in [-0.39, 0.29) is 22.8 Å². The maximum absolute atomic E-state index is 11.5. The summed E-state index contributed by atoms with van der Waals surface area (Å²) in [5, 5.41) is 11.1. The number of rotatable bonds is 3. The van der Waals surface area contributed by atoms with Crippen LogP contribution in [0.2, 0.25) is 0 Å². The van der Waals surface area contributed by atoms with Crippen LogP contribution in [0, 0.1) is 12.3 Å². The second-order valence-electron chi connectivity index (χ2n) is 3.12. The van der Waals surface area contributed by atoms with E-state index in [1.807, 2.05) is 0 Å². The van der Waals surface area contributed by atoms with Crippen molar-refractivity contribution in [1.29, 1.82) is 0 Å². The Bertz CT molecular complexity index is 523. The maximum atomic E-state index is 11.5. The summed E-state index contributed by atoms with van der Waals surface area (Å²) in [5.41, 5.74) is -0.0951. The molecule has 1 aliphatic carbocycles. The summed E-state index contributed by atoms with van der Waals surface area (Å²) in [6.45, 7) is 3.52. The molecule has 0 fully saturated rings. The van der Waals surface area contributed by atoms with Gasteiger partial charge in [-0.15, -0.1) is 12.3 Å². The smallest absolute Gasteiger partial charge is 0.254 e. The number of aliphatic hydroxyl groups is 1. The molecule has 0 spiro atoms. The van der Waals surface area contributed by atoms with E-state index in [1.165, 1.54) is 0 Å². The minimum atomic E-state index is -0.995. The summed E-state index contributed by atoms with van der Waals surface area (Å²) in [4.78, 5) is 22.9. The Morgan fingerprint density at radius 3 is 2.47 bits per heavy atom. The minimum absolute atomic E-state index is 0.132. The van der Waals surface area contributed by atoms with Crippen LogP contribution in [0.5, 0.6) is 0 Å². The lowest BCUT2D eigenvalue weighted by Gasteiger charge is -2.16. The second kappa shape index (κ2) is 5.09. The fraction of sp³-hybridized carbons (Fsp3) is 0.0909. The van der Waals surface area contributed by atoms with E-state index < -0.39 is 22.4 Å². The first-order valence-corrected chi connectivity index (χ1v) is 5.12. The molecule has 1 rings (SSSR count). The lowest BCUT2D eigenvalue weighted by Crippen LogP contribution is -2.31. The monoisotopic (exact) mass is 271 g/mol. The molecule has 0 bridgehead atoms. The maximum Gasteiger partial charge on any atom is 0.254 e. The van der Waals surface area contributed by atoms with Crippen molar-refractivity contribution in [3.63, 3.8) is 0 Å². The van der Waals surface area contributed by atoms with Crippen molar-refractivity contribution >= 4 is 34.8 Å². The first-order chi connectivity index (χ1) is 7.90. The summed E-state index contributed by atoms with van der Waals surface area (Å²) in [6.07, 6.45) is 5.18. The summed E-state index contributed by atoms with van der Waals surface area (Å²) in [6, 6.07) is 0. The second-order valence-corrected chi connectivity index (χ2v) is 3.88. The largest absolute Gasteiger partial charge is 0.504 e. The van der Waals surface area contributed by atoms with Crippen LogP contribution in [-0.2, 0) is 9.59 Å². The molecule has 88 valence electrons. The summed E-state index contributed by atoms with van der Waals surface area (Å²) in [7, 11) is 0. The lowest BCUT2D eigenvalue weighted by molar-refractivity contribution is -0.132. The highest BCUT2D eigenvalue weighted by Gasteiger charge is 2.34. The molecule has 17 heavy (non-hydrogen) atoms. The first-order valence-electron chi connectivity index (χ1n) is 4.36. The molecule has 2 N–H and O–H groups in total. The van der Waals surface area contributed by atoms with Gasteiger partial charge in [-0.25, -0.2) is 0 Å². The number of carbonyl (C=O) groups excluding carboxylic acids is 2. The van der Waals surface area contributed by atoms with Crippen LogP contribution in [0.25, 0.3) is 0 Å². The number of allylic oxidation sites excluding steroid dienone is 4. The van der Waals surface area contributed by atoms with Crippen LogP contribution in [-0.4, -0.2) is 16.7 Å². The molecule has 0 aliphatic heterocycles. The number of hydrogen-bond donors (Lipinski definition) is 2. The molecule has 0 saturated heterocycles. The highest BCUT2D eigenvalue weighted by Crippen LogP contribution is 2.28. The zero-order valence-electron chi connectivity index (χ0n) is 8.51. The zero-order chi connectivity index (χ0) is 13.2. The van der Waals surface area contributed by atoms with Crippen molar-refractivity contribution < 1.29 is 14.7 Å². The molecule has 0 atom stereocenters. The number of terminal acetylenes is 1. The van der Waals surface area contributed by atoms with E-state index in [4.69, 9.17) is 29.6 Å². The van der Waals surface area contributed by atoms with Crippen LogP contribution >= 0.6 is 23.2 Å².